The lowest BCUT2D eigenvalue weighted by atomic mass is 10.2. The number of rotatable bonds is 7. The number of carbonyl (C=O) groups excluding carboxylic acids is 1. The van der Waals surface area contributed by atoms with Crippen LogP contribution in [0, 0.1) is 0 Å². The number of unbranched alkanes of at least 4 members (excludes halogenated alkanes) is 1. The summed E-state index contributed by atoms with van der Waals surface area (Å²) in [5.41, 5.74) is 0.316. The van der Waals surface area contributed by atoms with E-state index < -0.39 is 10.0 Å². The summed E-state index contributed by atoms with van der Waals surface area (Å²) < 4.78 is 26.7. The van der Waals surface area contributed by atoms with Crippen LogP contribution in [-0.4, -0.2) is 42.8 Å². The molecule has 0 saturated carbocycles. The maximum Gasteiger partial charge on any atom is 0.264 e. The molecule has 0 bridgehead atoms. The molecule has 1 aromatic heterocycles. The van der Waals surface area contributed by atoms with Crippen molar-refractivity contribution >= 4 is 21.9 Å². The van der Waals surface area contributed by atoms with Gasteiger partial charge in [-0.1, -0.05) is 31.5 Å². The van der Waals surface area contributed by atoms with Gasteiger partial charge in [0.1, 0.15) is 0 Å². The lowest BCUT2D eigenvalue weighted by Gasteiger charge is -2.16. The lowest BCUT2D eigenvalue weighted by Crippen LogP contribution is -2.28. The average Bonchev–Trinajstić information content (AvgIpc) is 2.60. The highest BCUT2D eigenvalue weighted by Crippen LogP contribution is 2.12. The number of carbonyl (C=O) groups is 1. The van der Waals surface area contributed by atoms with E-state index in [1.807, 2.05) is 0 Å². The summed E-state index contributed by atoms with van der Waals surface area (Å²) in [4.78, 5) is 21.7. The Hall–Kier alpha value is -2.48. The first-order valence-corrected chi connectivity index (χ1v) is 9.07. The van der Waals surface area contributed by atoms with Crippen molar-refractivity contribution in [3.05, 3.63) is 48.3 Å². The van der Waals surface area contributed by atoms with Crippen molar-refractivity contribution in [1.82, 2.24) is 14.9 Å². The van der Waals surface area contributed by atoms with Crippen LogP contribution in [0.3, 0.4) is 0 Å². The van der Waals surface area contributed by atoms with Gasteiger partial charge in [-0.25, -0.2) is 23.1 Å². The Morgan fingerprint density at radius 2 is 1.79 bits per heavy atom. The molecule has 128 valence electrons. The molecule has 2 rings (SSSR count). The lowest BCUT2D eigenvalue weighted by molar-refractivity contribution is 0.0792. The van der Waals surface area contributed by atoms with Crippen molar-refractivity contribution in [1.29, 1.82) is 0 Å². The minimum Gasteiger partial charge on any atom is -0.342 e. The molecule has 0 aliphatic rings. The number of anilines is 1. The molecule has 0 atom stereocenters. The average molecular weight is 348 g/mol. The van der Waals surface area contributed by atoms with Gasteiger partial charge in [0.15, 0.2) is 0 Å². The van der Waals surface area contributed by atoms with Gasteiger partial charge in [-0.05, 0) is 18.6 Å². The Morgan fingerprint density at radius 3 is 2.38 bits per heavy atom. The summed E-state index contributed by atoms with van der Waals surface area (Å²) in [5.74, 6) is -0.271. The van der Waals surface area contributed by atoms with Gasteiger partial charge in [0, 0.05) is 26.0 Å². The van der Waals surface area contributed by atoms with Crippen LogP contribution in [0.4, 0.5) is 5.95 Å². The molecule has 1 N–H and O–H groups in total. The highest BCUT2D eigenvalue weighted by molar-refractivity contribution is 7.92. The van der Waals surface area contributed by atoms with E-state index in [1.165, 1.54) is 24.5 Å². The largest absolute Gasteiger partial charge is 0.342 e. The third kappa shape index (κ3) is 4.51. The molecule has 1 amide bonds. The number of hydrogen-bond donors (Lipinski definition) is 1. The van der Waals surface area contributed by atoms with E-state index in [4.69, 9.17) is 0 Å². The predicted molar refractivity (Wildman–Crippen MR) is 91.2 cm³/mol. The van der Waals surface area contributed by atoms with Crippen LogP contribution in [0.5, 0.6) is 0 Å². The van der Waals surface area contributed by atoms with E-state index in [9.17, 15) is 13.2 Å². The smallest absolute Gasteiger partial charge is 0.264 e. The van der Waals surface area contributed by atoms with Crippen LogP contribution in [0.2, 0.25) is 0 Å². The minimum absolute atomic E-state index is 0.0772. The number of benzene rings is 1. The summed E-state index contributed by atoms with van der Waals surface area (Å²) >= 11 is 0. The van der Waals surface area contributed by atoms with Crippen molar-refractivity contribution < 1.29 is 13.2 Å². The maximum atomic E-state index is 12.2. The van der Waals surface area contributed by atoms with Gasteiger partial charge in [-0.3, -0.25) is 4.79 Å². The molecule has 0 aliphatic carbocycles. The molecule has 1 aromatic carbocycles. The van der Waals surface area contributed by atoms with Gasteiger partial charge in [0.2, 0.25) is 5.95 Å². The van der Waals surface area contributed by atoms with Crippen molar-refractivity contribution in [2.75, 3.05) is 18.3 Å². The first-order valence-electron chi connectivity index (χ1n) is 7.59. The highest BCUT2D eigenvalue weighted by Gasteiger charge is 2.16. The Kier molecular flexibility index (Phi) is 5.86. The van der Waals surface area contributed by atoms with Gasteiger partial charge >= 0.3 is 0 Å². The molecule has 1 heterocycles. The molecule has 0 radical (unpaired) electrons. The summed E-state index contributed by atoms with van der Waals surface area (Å²) in [5, 5.41) is 0. The van der Waals surface area contributed by atoms with E-state index in [1.54, 1.807) is 30.1 Å². The zero-order chi connectivity index (χ0) is 17.6. The molecule has 0 saturated heterocycles. The quantitative estimate of drug-likeness (QED) is 0.828. The molecule has 24 heavy (non-hydrogen) atoms. The number of aromatic nitrogens is 2. The van der Waals surface area contributed by atoms with Crippen molar-refractivity contribution in [3.63, 3.8) is 0 Å². The van der Waals surface area contributed by atoms with Crippen molar-refractivity contribution in [3.8, 4) is 0 Å². The molecular weight excluding hydrogens is 328 g/mol. The summed E-state index contributed by atoms with van der Waals surface area (Å²) in [6, 6.07) is 7.93. The molecule has 2 aromatic rings. The topological polar surface area (TPSA) is 92.3 Å². The molecule has 0 aliphatic heterocycles. The summed E-state index contributed by atoms with van der Waals surface area (Å²) in [6.07, 6.45) is 4.55. The zero-order valence-corrected chi connectivity index (χ0v) is 14.5. The van der Waals surface area contributed by atoms with E-state index in [0.717, 1.165) is 12.8 Å². The standard InChI is InChI=1S/C16H20N4O3S/c1-3-4-10-20(2)15(21)13-11-17-16(18-12-13)19-24(22,23)14-8-6-5-7-9-14/h5-9,11-12H,3-4,10H2,1-2H3,(H,17,18,19). The number of hydrogen-bond acceptors (Lipinski definition) is 5. The predicted octanol–water partition coefficient (Wildman–Crippen LogP) is 2.15. The van der Waals surface area contributed by atoms with Gasteiger partial charge in [-0.2, -0.15) is 0 Å². The second-order valence-electron chi connectivity index (χ2n) is 5.29. The monoisotopic (exact) mass is 348 g/mol. The van der Waals surface area contributed by atoms with E-state index in [0.29, 0.717) is 12.1 Å². The fraction of sp³-hybridized carbons (Fsp3) is 0.312. The van der Waals surface area contributed by atoms with Gasteiger partial charge < -0.3 is 4.90 Å². The van der Waals surface area contributed by atoms with Crippen LogP contribution in [0.15, 0.2) is 47.6 Å². The van der Waals surface area contributed by atoms with Gasteiger partial charge in [0.25, 0.3) is 15.9 Å². The Balaban J connectivity index is 2.08. The maximum absolute atomic E-state index is 12.2. The number of sulfonamides is 1. The highest BCUT2D eigenvalue weighted by atomic mass is 32.2. The van der Waals surface area contributed by atoms with Crippen LogP contribution < -0.4 is 4.72 Å². The Bertz CT molecular complexity index is 777. The van der Waals surface area contributed by atoms with E-state index in [2.05, 4.69) is 21.6 Å². The minimum atomic E-state index is -3.75. The molecule has 0 spiro atoms. The van der Waals surface area contributed by atoms with Crippen LogP contribution in [-0.2, 0) is 10.0 Å². The van der Waals surface area contributed by atoms with Gasteiger partial charge in [-0.15, -0.1) is 0 Å². The SMILES string of the molecule is CCCCN(C)C(=O)c1cnc(NS(=O)(=O)c2ccccc2)nc1. The molecular formula is C16H20N4O3S. The second kappa shape index (κ2) is 7.87. The van der Waals surface area contributed by atoms with Crippen LogP contribution in [0.1, 0.15) is 30.1 Å². The molecule has 0 unspecified atom stereocenters. The van der Waals surface area contributed by atoms with E-state index in [-0.39, 0.29) is 16.8 Å². The summed E-state index contributed by atoms with van der Waals surface area (Å²) in [7, 11) is -2.03. The van der Waals surface area contributed by atoms with Gasteiger partial charge in [0.05, 0.1) is 10.5 Å². The number of nitrogens with one attached hydrogen (secondary N) is 1. The normalized spacial score (nSPS) is 11.1. The molecule has 8 heteroatoms. The Morgan fingerprint density at radius 1 is 1.17 bits per heavy atom. The second-order valence-corrected chi connectivity index (χ2v) is 6.98. The summed E-state index contributed by atoms with van der Waals surface area (Å²) in [6.45, 7) is 2.70. The fourth-order valence-corrected chi connectivity index (χ4v) is 2.97. The van der Waals surface area contributed by atoms with E-state index >= 15 is 0 Å². The fourth-order valence-electron chi connectivity index (χ4n) is 1.99. The first kappa shape index (κ1) is 17.9. The number of nitrogens with zero attached hydrogens (tertiary/aromatic N) is 3. The third-order valence-corrected chi connectivity index (χ3v) is 4.72. The Labute approximate surface area is 141 Å². The van der Waals surface area contributed by atoms with Crippen LogP contribution in [0.25, 0.3) is 0 Å². The van der Waals surface area contributed by atoms with Crippen molar-refractivity contribution in [2.45, 2.75) is 24.7 Å². The van der Waals surface area contributed by atoms with Crippen LogP contribution >= 0.6 is 0 Å². The molecule has 7 nitrogen and oxygen atoms in total. The third-order valence-electron chi connectivity index (χ3n) is 3.37. The van der Waals surface area contributed by atoms with Crippen molar-refractivity contribution in [2.24, 2.45) is 0 Å². The number of amides is 1. The first-order chi connectivity index (χ1) is 11.4. The zero-order valence-electron chi connectivity index (χ0n) is 13.6. The molecule has 0 fully saturated rings.